The van der Waals surface area contributed by atoms with Crippen LogP contribution in [-0.4, -0.2) is 18.4 Å². The Kier molecular flexibility index (Phi) is 5.96. The molecule has 1 N–H and O–H groups in total. The highest BCUT2D eigenvalue weighted by atomic mass is 79.9. The Hall–Kier alpha value is -2.30. The van der Waals surface area contributed by atoms with Gasteiger partial charge in [-0.05, 0) is 63.8 Å². The highest BCUT2D eigenvalue weighted by molar-refractivity contribution is 9.10. The molecule has 0 aliphatic rings. The molecule has 0 aliphatic heterocycles. The number of phenols is 1. The maximum Gasteiger partial charge on any atom is 0.138 e. The first-order valence-corrected chi connectivity index (χ1v) is 9.17. The summed E-state index contributed by atoms with van der Waals surface area (Å²) in [6.45, 7) is 0. The van der Waals surface area contributed by atoms with Crippen LogP contribution in [0.5, 0.6) is 11.5 Å². The van der Waals surface area contributed by atoms with Gasteiger partial charge in [0.1, 0.15) is 11.5 Å². The molecule has 0 unspecified atom stereocenters. The second kappa shape index (κ2) is 8.39. The first-order chi connectivity index (χ1) is 12.6. The lowest BCUT2D eigenvalue weighted by Crippen LogP contribution is -1.92. The van der Waals surface area contributed by atoms with Gasteiger partial charge in [-0.15, -0.1) is 0 Å². The van der Waals surface area contributed by atoms with Gasteiger partial charge in [-0.2, -0.15) is 0 Å². The van der Waals surface area contributed by atoms with Crippen molar-refractivity contribution in [3.05, 3.63) is 86.8 Å². The highest BCUT2D eigenvalue weighted by Crippen LogP contribution is 2.31. The molecule has 0 aliphatic carbocycles. The number of aromatic hydroxyl groups is 1. The van der Waals surface area contributed by atoms with E-state index in [9.17, 15) is 5.11 Å². The second-order valence-electron chi connectivity index (χ2n) is 5.75. The molecule has 0 fully saturated rings. The Morgan fingerprint density at radius 3 is 2.54 bits per heavy atom. The van der Waals surface area contributed by atoms with Crippen LogP contribution < -0.4 is 4.74 Å². The van der Waals surface area contributed by atoms with E-state index >= 15 is 0 Å². The van der Waals surface area contributed by atoms with Crippen molar-refractivity contribution >= 4 is 39.4 Å². The van der Waals surface area contributed by atoms with Crippen molar-refractivity contribution in [3.63, 3.8) is 0 Å². The number of hydrogen-bond acceptors (Lipinski definition) is 3. The number of phenolic OH excluding ortho intramolecular Hbond substituents is 1. The molecule has 5 heteroatoms. The molecule has 26 heavy (non-hydrogen) atoms. The van der Waals surface area contributed by atoms with Crippen molar-refractivity contribution in [2.75, 3.05) is 7.11 Å². The van der Waals surface area contributed by atoms with E-state index in [1.165, 1.54) is 5.56 Å². The lowest BCUT2D eigenvalue weighted by Gasteiger charge is -2.08. The molecule has 0 saturated heterocycles. The zero-order valence-corrected chi connectivity index (χ0v) is 16.5. The van der Waals surface area contributed by atoms with Gasteiger partial charge in [-0.3, -0.25) is 4.99 Å². The van der Waals surface area contributed by atoms with Crippen molar-refractivity contribution in [2.24, 2.45) is 4.99 Å². The van der Waals surface area contributed by atoms with Crippen LogP contribution in [0.1, 0.15) is 16.7 Å². The number of halogens is 2. The molecule has 3 nitrogen and oxygen atoms in total. The Morgan fingerprint density at radius 1 is 1.08 bits per heavy atom. The molecule has 0 heterocycles. The molecule has 0 spiro atoms. The van der Waals surface area contributed by atoms with Crippen LogP contribution in [0.4, 0.5) is 5.69 Å². The molecule has 3 rings (SSSR count). The normalized spacial score (nSPS) is 11.0. The summed E-state index contributed by atoms with van der Waals surface area (Å²) < 4.78 is 5.78. The van der Waals surface area contributed by atoms with Gasteiger partial charge >= 0.3 is 0 Å². The van der Waals surface area contributed by atoms with E-state index in [1.54, 1.807) is 31.5 Å². The molecule has 0 atom stereocenters. The van der Waals surface area contributed by atoms with Gasteiger partial charge < -0.3 is 9.84 Å². The molecule has 3 aromatic carbocycles. The first kappa shape index (κ1) is 18.5. The minimum Gasteiger partial charge on any atom is -0.506 e. The van der Waals surface area contributed by atoms with Crippen LogP contribution in [0.25, 0.3) is 0 Å². The fraction of sp³-hybridized carbons (Fsp3) is 0.0952. The Labute approximate surface area is 166 Å². The van der Waals surface area contributed by atoms with Crippen LogP contribution in [0, 0.1) is 0 Å². The largest absolute Gasteiger partial charge is 0.506 e. The SMILES string of the molecule is COc1ccc(N=Cc2cc(Cc3ccccc3)cc(Br)c2O)cc1Cl. The van der Waals surface area contributed by atoms with Crippen molar-refractivity contribution < 1.29 is 9.84 Å². The van der Waals surface area contributed by atoms with E-state index in [0.717, 1.165) is 12.0 Å². The Balaban J connectivity index is 1.88. The molecular formula is C21H17BrClNO2. The zero-order valence-electron chi connectivity index (χ0n) is 14.1. The van der Waals surface area contributed by atoms with Gasteiger partial charge in [-0.1, -0.05) is 41.9 Å². The van der Waals surface area contributed by atoms with Crippen LogP contribution in [-0.2, 0) is 6.42 Å². The molecular weight excluding hydrogens is 414 g/mol. The van der Waals surface area contributed by atoms with Gasteiger partial charge in [-0.25, -0.2) is 0 Å². The van der Waals surface area contributed by atoms with Crippen LogP contribution in [0.3, 0.4) is 0 Å². The average molecular weight is 431 g/mol. The van der Waals surface area contributed by atoms with E-state index < -0.39 is 0 Å². The van der Waals surface area contributed by atoms with E-state index in [1.807, 2.05) is 30.3 Å². The standard InChI is InChI=1S/C21H17BrClNO2/c1-26-20-8-7-17(12-19(20)23)24-13-16-10-15(11-18(22)21(16)25)9-14-5-3-2-4-6-14/h2-8,10-13,25H,9H2,1H3. The minimum atomic E-state index is 0.158. The van der Waals surface area contributed by atoms with E-state index in [-0.39, 0.29) is 5.75 Å². The van der Waals surface area contributed by atoms with Gasteiger partial charge in [0.15, 0.2) is 0 Å². The summed E-state index contributed by atoms with van der Waals surface area (Å²) in [5.74, 6) is 0.756. The van der Waals surface area contributed by atoms with Crippen LogP contribution in [0.15, 0.2) is 70.1 Å². The molecule has 3 aromatic rings. The summed E-state index contributed by atoms with van der Waals surface area (Å²) in [4.78, 5) is 4.42. The summed E-state index contributed by atoms with van der Waals surface area (Å²) >= 11 is 9.55. The summed E-state index contributed by atoms with van der Waals surface area (Å²) in [5.41, 5.74) is 3.60. The van der Waals surface area contributed by atoms with Crippen molar-refractivity contribution in [2.45, 2.75) is 6.42 Å². The summed E-state index contributed by atoms with van der Waals surface area (Å²) in [6.07, 6.45) is 2.40. The van der Waals surface area contributed by atoms with E-state index in [0.29, 0.717) is 26.5 Å². The number of benzene rings is 3. The smallest absolute Gasteiger partial charge is 0.138 e. The molecule has 0 bridgehead atoms. The minimum absolute atomic E-state index is 0.158. The third kappa shape index (κ3) is 4.45. The quantitative estimate of drug-likeness (QED) is 0.493. The molecule has 0 amide bonds. The molecule has 0 radical (unpaired) electrons. The van der Waals surface area contributed by atoms with Crippen molar-refractivity contribution in [3.8, 4) is 11.5 Å². The number of hydrogen-bond donors (Lipinski definition) is 1. The van der Waals surface area contributed by atoms with Crippen molar-refractivity contribution in [1.82, 2.24) is 0 Å². The third-order valence-corrected chi connectivity index (χ3v) is 4.79. The van der Waals surface area contributed by atoms with Crippen molar-refractivity contribution in [1.29, 1.82) is 0 Å². The fourth-order valence-electron chi connectivity index (χ4n) is 2.59. The van der Waals surface area contributed by atoms with Gasteiger partial charge in [0, 0.05) is 11.8 Å². The maximum absolute atomic E-state index is 10.3. The van der Waals surface area contributed by atoms with E-state index in [2.05, 4.69) is 33.1 Å². The van der Waals surface area contributed by atoms with Crippen LogP contribution >= 0.6 is 27.5 Å². The maximum atomic E-state index is 10.3. The monoisotopic (exact) mass is 429 g/mol. The lowest BCUT2D eigenvalue weighted by molar-refractivity contribution is 0.415. The number of ether oxygens (including phenoxy) is 1. The van der Waals surface area contributed by atoms with Gasteiger partial charge in [0.2, 0.25) is 0 Å². The Bertz CT molecular complexity index is 942. The summed E-state index contributed by atoms with van der Waals surface area (Å²) in [7, 11) is 1.57. The third-order valence-electron chi connectivity index (χ3n) is 3.89. The first-order valence-electron chi connectivity index (χ1n) is 7.99. The number of nitrogens with zero attached hydrogens (tertiary/aromatic N) is 1. The second-order valence-corrected chi connectivity index (χ2v) is 7.02. The molecule has 0 saturated carbocycles. The lowest BCUT2D eigenvalue weighted by atomic mass is 10.0. The number of rotatable bonds is 5. The summed E-state index contributed by atoms with van der Waals surface area (Å²) in [5, 5.41) is 10.8. The molecule has 0 aromatic heterocycles. The topological polar surface area (TPSA) is 41.8 Å². The predicted octanol–water partition coefficient (Wildman–Crippen LogP) is 6.16. The Morgan fingerprint density at radius 2 is 1.85 bits per heavy atom. The summed E-state index contributed by atoms with van der Waals surface area (Å²) in [6, 6.07) is 19.3. The fourth-order valence-corrected chi connectivity index (χ4v) is 3.37. The van der Waals surface area contributed by atoms with Gasteiger partial charge in [0.25, 0.3) is 0 Å². The number of methoxy groups -OCH3 is 1. The highest BCUT2D eigenvalue weighted by Gasteiger charge is 2.08. The number of aliphatic imine (C=N–C) groups is 1. The van der Waals surface area contributed by atoms with Gasteiger partial charge in [0.05, 0.1) is 22.3 Å². The molecule has 132 valence electrons. The van der Waals surface area contributed by atoms with Crippen LogP contribution in [0.2, 0.25) is 5.02 Å². The zero-order chi connectivity index (χ0) is 18.5. The van der Waals surface area contributed by atoms with E-state index in [4.69, 9.17) is 16.3 Å². The average Bonchev–Trinajstić information content (AvgIpc) is 2.64. The predicted molar refractivity (Wildman–Crippen MR) is 110 cm³/mol.